The fraction of sp³-hybridized carbons (Fsp3) is 0.353. The number of halogens is 2. The molecule has 140 valence electrons. The Morgan fingerprint density at radius 1 is 1.23 bits per heavy atom. The molecule has 1 N–H and O–H groups in total. The van der Waals surface area contributed by atoms with Crippen LogP contribution >= 0.6 is 0 Å². The van der Waals surface area contributed by atoms with Crippen molar-refractivity contribution >= 4 is 11.9 Å². The van der Waals surface area contributed by atoms with Crippen molar-refractivity contribution in [3.8, 4) is 5.75 Å². The van der Waals surface area contributed by atoms with Crippen LogP contribution in [0.15, 0.2) is 28.8 Å². The first-order valence-corrected chi connectivity index (χ1v) is 7.77. The zero-order valence-electron chi connectivity index (χ0n) is 14.3. The van der Waals surface area contributed by atoms with Crippen LogP contribution in [-0.4, -0.2) is 36.8 Å². The molecule has 2 aromatic rings. The van der Waals surface area contributed by atoms with Gasteiger partial charge in [-0.1, -0.05) is 17.3 Å². The third-order valence-corrected chi connectivity index (χ3v) is 3.46. The molecule has 0 radical (unpaired) electrons. The van der Waals surface area contributed by atoms with Crippen LogP contribution in [0, 0.1) is 13.8 Å². The number of hydrogen-bond acceptors (Lipinski definition) is 6. The molecule has 26 heavy (non-hydrogen) atoms. The van der Waals surface area contributed by atoms with Gasteiger partial charge in [0, 0.05) is 6.54 Å². The Kier molecular flexibility index (Phi) is 6.65. The number of esters is 1. The van der Waals surface area contributed by atoms with Gasteiger partial charge in [-0.2, -0.15) is 8.78 Å². The smallest absolute Gasteiger partial charge is 0.387 e. The molecule has 0 spiro atoms. The molecule has 0 fully saturated rings. The van der Waals surface area contributed by atoms with Crippen LogP contribution in [0.2, 0.25) is 0 Å². The summed E-state index contributed by atoms with van der Waals surface area (Å²) in [7, 11) is 0. The minimum atomic E-state index is -2.87. The van der Waals surface area contributed by atoms with Crippen molar-refractivity contribution in [2.45, 2.75) is 26.9 Å². The molecule has 2 rings (SSSR count). The first-order valence-electron chi connectivity index (χ1n) is 7.77. The fourth-order valence-electron chi connectivity index (χ4n) is 2.21. The van der Waals surface area contributed by atoms with Crippen LogP contribution < -0.4 is 10.1 Å². The molecule has 0 aliphatic heterocycles. The Morgan fingerprint density at radius 3 is 2.50 bits per heavy atom. The van der Waals surface area contributed by atoms with Gasteiger partial charge in [-0.05, 0) is 38.0 Å². The van der Waals surface area contributed by atoms with Crippen LogP contribution in [0.5, 0.6) is 5.75 Å². The lowest BCUT2D eigenvalue weighted by Gasteiger charge is -2.08. The number of ether oxygens (including phenoxy) is 2. The molecule has 7 nitrogen and oxygen atoms in total. The van der Waals surface area contributed by atoms with Gasteiger partial charge in [-0.25, -0.2) is 4.79 Å². The van der Waals surface area contributed by atoms with Gasteiger partial charge in [0.2, 0.25) is 0 Å². The molecule has 0 aliphatic carbocycles. The van der Waals surface area contributed by atoms with Crippen LogP contribution in [0.25, 0.3) is 0 Å². The summed E-state index contributed by atoms with van der Waals surface area (Å²) >= 11 is 0. The van der Waals surface area contributed by atoms with Gasteiger partial charge in [-0.15, -0.1) is 0 Å². The highest BCUT2D eigenvalue weighted by Crippen LogP contribution is 2.15. The number of carbonyl (C=O) groups is 2. The lowest BCUT2D eigenvalue weighted by Crippen LogP contribution is -2.30. The van der Waals surface area contributed by atoms with Crippen molar-refractivity contribution in [1.29, 1.82) is 0 Å². The maximum atomic E-state index is 12.1. The predicted molar refractivity (Wildman–Crippen MR) is 86.0 cm³/mol. The monoisotopic (exact) mass is 368 g/mol. The molecular formula is C17H18F2N2O5. The number of aryl methyl sites for hydroxylation is 2. The Hall–Kier alpha value is -2.97. The zero-order valence-corrected chi connectivity index (χ0v) is 14.3. The summed E-state index contributed by atoms with van der Waals surface area (Å²) in [6.45, 7) is 0.188. The quantitative estimate of drug-likeness (QED) is 0.720. The van der Waals surface area contributed by atoms with E-state index >= 15 is 0 Å². The molecule has 9 heteroatoms. The number of benzene rings is 1. The van der Waals surface area contributed by atoms with Crippen molar-refractivity contribution < 1.29 is 32.4 Å². The van der Waals surface area contributed by atoms with Crippen LogP contribution in [0.4, 0.5) is 8.78 Å². The van der Waals surface area contributed by atoms with E-state index in [2.05, 4.69) is 15.2 Å². The van der Waals surface area contributed by atoms with Crippen molar-refractivity contribution in [2.24, 2.45) is 0 Å². The number of amides is 1. The second-order valence-corrected chi connectivity index (χ2v) is 5.40. The van der Waals surface area contributed by atoms with E-state index in [9.17, 15) is 18.4 Å². The molecule has 0 saturated carbocycles. The lowest BCUT2D eigenvalue weighted by atomic mass is 10.1. The largest absolute Gasteiger partial charge is 0.452 e. The summed E-state index contributed by atoms with van der Waals surface area (Å²) in [4.78, 5) is 23.6. The molecule has 0 bridgehead atoms. The number of aromatic nitrogens is 1. The highest BCUT2D eigenvalue weighted by atomic mass is 19.3. The summed E-state index contributed by atoms with van der Waals surface area (Å²) in [5.41, 5.74) is 1.44. The second kappa shape index (κ2) is 8.93. The maximum absolute atomic E-state index is 12.1. The Labute approximate surface area is 148 Å². The van der Waals surface area contributed by atoms with E-state index in [1.807, 2.05) is 0 Å². The lowest BCUT2D eigenvalue weighted by molar-refractivity contribution is -0.124. The van der Waals surface area contributed by atoms with Crippen LogP contribution in [-0.2, 0) is 16.0 Å². The van der Waals surface area contributed by atoms with E-state index < -0.39 is 25.1 Å². The van der Waals surface area contributed by atoms with Crippen molar-refractivity contribution in [3.05, 3.63) is 46.8 Å². The van der Waals surface area contributed by atoms with Crippen LogP contribution in [0.3, 0.4) is 0 Å². The molecule has 0 aliphatic rings. The average molecular weight is 368 g/mol. The van der Waals surface area contributed by atoms with Gasteiger partial charge in [-0.3, -0.25) is 4.79 Å². The van der Waals surface area contributed by atoms with Gasteiger partial charge >= 0.3 is 12.6 Å². The summed E-state index contributed by atoms with van der Waals surface area (Å²) in [5, 5.41) is 6.24. The third-order valence-electron chi connectivity index (χ3n) is 3.46. The van der Waals surface area contributed by atoms with E-state index in [-0.39, 0.29) is 11.3 Å². The van der Waals surface area contributed by atoms with Gasteiger partial charge < -0.3 is 19.3 Å². The summed E-state index contributed by atoms with van der Waals surface area (Å²) in [6, 6.07) is 6.10. The first kappa shape index (κ1) is 19.4. The molecule has 1 amide bonds. The highest BCUT2D eigenvalue weighted by Gasteiger charge is 2.19. The van der Waals surface area contributed by atoms with Crippen molar-refractivity contribution in [2.75, 3.05) is 13.2 Å². The first-order chi connectivity index (χ1) is 12.4. The molecule has 0 atom stereocenters. The van der Waals surface area contributed by atoms with E-state index in [0.29, 0.717) is 24.4 Å². The van der Waals surface area contributed by atoms with E-state index in [1.165, 1.54) is 12.1 Å². The number of hydrogen-bond donors (Lipinski definition) is 1. The predicted octanol–water partition coefficient (Wildman–Crippen LogP) is 2.41. The Morgan fingerprint density at radius 2 is 1.92 bits per heavy atom. The van der Waals surface area contributed by atoms with Gasteiger partial charge in [0.05, 0.1) is 5.69 Å². The molecule has 0 saturated heterocycles. The molecule has 0 unspecified atom stereocenters. The second-order valence-electron chi connectivity index (χ2n) is 5.40. The Balaban J connectivity index is 1.71. The van der Waals surface area contributed by atoms with Gasteiger partial charge in [0.1, 0.15) is 17.1 Å². The van der Waals surface area contributed by atoms with Crippen LogP contribution in [0.1, 0.15) is 27.4 Å². The number of carbonyl (C=O) groups excluding carboxylic acids is 2. The maximum Gasteiger partial charge on any atom is 0.387 e. The molecule has 1 heterocycles. The highest BCUT2D eigenvalue weighted by molar-refractivity contribution is 5.93. The molecular weight excluding hydrogens is 350 g/mol. The SMILES string of the molecule is Cc1noc(C)c1C(=O)OCC(=O)NCCc1ccc(OC(F)F)cc1. The zero-order chi connectivity index (χ0) is 19.1. The number of nitrogens with one attached hydrogen (secondary N) is 1. The van der Waals surface area contributed by atoms with E-state index in [1.54, 1.807) is 26.0 Å². The Bertz CT molecular complexity index is 740. The third kappa shape index (κ3) is 5.54. The molecule has 1 aromatic heterocycles. The average Bonchev–Trinajstić information content (AvgIpc) is 2.92. The fourth-order valence-corrected chi connectivity index (χ4v) is 2.21. The summed E-state index contributed by atoms with van der Waals surface area (Å²) in [5.74, 6) is -0.736. The van der Waals surface area contributed by atoms with Crippen molar-refractivity contribution in [3.63, 3.8) is 0 Å². The minimum absolute atomic E-state index is 0.0685. The van der Waals surface area contributed by atoms with Crippen molar-refractivity contribution in [1.82, 2.24) is 10.5 Å². The number of alkyl halides is 2. The topological polar surface area (TPSA) is 90.7 Å². The van der Waals surface area contributed by atoms with E-state index in [0.717, 1.165) is 5.56 Å². The number of nitrogens with zero attached hydrogens (tertiary/aromatic N) is 1. The summed E-state index contributed by atoms with van der Waals surface area (Å²) < 4.78 is 38.2. The van der Waals surface area contributed by atoms with Gasteiger partial charge in [0.25, 0.3) is 5.91 Å². The van der Waals surface area contributed by atoms with Gasteiger partial charge in [0.15, 0.2) is 6.61 Å². The normalized spacial score (nSPS) is 10.7. The minimum Gasteiger partial charge on any atom is -0.452 e. The van der Waals surface area contributed by atoms with E-state index in [4.69, 9.17) is 9.26 Å². The molecule has 1 aromatic carbocycles. The standard InChI is InChI=1S/C17H18F2N2O5/c1-10-15(11(2)26-21-10)16(23)24-9-14(22)20-8-7-12-3-5-13(6-4-12)25-17(18)19/h3-6,17H,7-9H2,1-2H3,(H,20,22). The summed E-state index contributed by atoms with van der Waals surface area (Å²) in [6.07, 6.45) is 0.485. The number of rotatable bonds is 8.